The van der Waals surface area contributed by atoms with E-state index in [4.69, 9.17) is 4.74 Å². The Hall–Kier alpha value is -1.75. The van der Waals surface area contributed by atoms with E-state index in [1.807, 2.05) is 0 Å². The Bertz CT molecular complexity index is 607. The minimum absolute atomic E-state index is 0.0508. The molecule has 0 bridgehead atoms. The zero-order valence-corrected chi connectivity index (χ0v) is 11.1. The number of carbonyl (C=O) groups is 1. The van der Waals surface area contributed by atoms with Gasteiger partial charge >= 0.3 is 0 Å². The first-order chi connectivity index (χ1) is 8.52. The molecule has 2 aromatic rings. The van der Waals surface area contributed by atoms with Gasteiger partial charge in [-0.15, -0.1) is 11.3 Å². The summed E-state index contributed by atoms with van der Waals surface area (Å²) in [5, 5.41) is 0.512. The number of methoxy groups -OCH3 is 1. The lowest BCUT2D eigenvalue weighted by atomic mass is 10.2. The third-order valence-electron chi connectivity index (χ3n) is 2.52. The molecule has 0 aliphatic heterocycles. The number of halogens is 1. The van der Waals surface area contributed by atoms with Gasteiger partial charge in [-0.25, -0.2) is 9.37 Å². The van der Waals surface area contributed by atoms with Gasteiger partial charge < -0.3 is 4.74 Å². The number of rotatable bonds is 3. The molecule has 0 aliphatic rings. The lowest BCUT2D eigenvalue weighted by molar-refractivity contribution is 0.102. The highest BCUT2D eigenvalue weighted by molar-refractivity contribution is 7.17. The topological polar surface area (TPSA) is 39.2 Å². The Morgan fingerprint density at radius 3 is 2.67 bits per heavy atom. The van der Waals surface area contributed by atoms with E-state index in [0.717, 1.165) is 0 Å². The largest absolute Gasteiger partial charge is 0.497 e. The standard InChI is InChI=1S/C13H12FNO2S/c1-7-12(8(2)16)18-13(15-7)10-5-4-9(17-3)6-11(10)14/h4-6H,1-3H3. The minimum Gasteiger partial charge on any atom is -0.497 e. The number of hydrogen-bond acceptors (Lipinski definition) is 4. The van der Waals surface area contributed by atoms with Crippen molar-refractivity contribution in [2.24, 2.45) is 0 Å². The second kappa shape index (κ2) is 4.86. The van der Waals surface area contributed by atoms with E-state index in [1.165, 1.54) is 31.4 Å². The molecule has 0 spiro atoms. The molecule has 3 nitrogen and oxygen atoms in total. The van der Waals surface area contributed by atoms with Crippen molar-refractivity contribution in [1.29, 1.82) is 0 Å². The first-order valence-electron chi connectivity index (χ1n) is 5.35. The van der Waals surface area contributed by atoms with Crippen LogP contribution in [-0.2, 0) is 0 Å². The van der Waals surface area contributed by atoms with Crippen LogP contribution in [0, 0.1) is 12.7 Å². The van der Waals surface area contributed by atoms with Crippen LogP contribution >= 0.6 is 11.3 Å². The number of benzene rings is 1. The molecule has 94 valence electrons. The smallest absolute Gasteiger partial charge is 0.171 e. The molecule has 2 rings (SSSR count). The summed E-state index contributed by atoms with van der Waals surface area (Å²) in [5.74, 6) is -0.000286. The Morgan fingerprint density at radius 1 is 1.44 bits per heavy atom. The van der Waals surface area contributed by atoms with Gasteiger partial charge in [-0.05, 0) is 19.1 Å². The number of nitrogens with zero attached hydrogens (tertiary/aromatic N) is 1. The quantitative estimate of drug-likeness (QED) is 0.798. The van der Waals surface area contributed by atoms with Gasteiger partial charge in [0.15, 0.2) is 5.78 Å². The summed E-state index contributed by atoms with van der Waals surface area (Å²) in [5.41, 5.74) is 1.02. The highest BCUT2D eigenvalue weighted by atomic mass is 32.1. The van der Waals surface area contributed by atoms with Crippen molar-refractivity contribution in [2.75, 3.05) is 7.11 Å². The van der Waals surface area contributed by atoms with Crippen LogP contribution in [0.15, 0.2) is 18.2 Å². The van der Waals surface area contributed by atoms with E-state index in [9.17, 15) is 9.18 Å². The van der Waals surface area contributed by atoms with E-state index in [-0.39, 0.29) is 5.78 Å². The average Bonchev–Trinajstić information content (AvgIpc) is 2.71. The minimum atomic E-state index is -0.404. The number of aryl methyl sites for hydroxylation is 1. The molecule has 0 N–H and O–H groups in total. The van der Waals surface area contributed by atoms with Gasteiger partial charge in [0.25, 0.3) is 0 Å². The van der Waals surface area contributed by atoms with Crippen LogP contribution in [0.3, 0.4) is 0 Å². The van der Waals surface area contributed by atoms with E-state index in [0.29, 0.717) is 26.9 Å². The van der Waals surface area contributed by atoms with E-state index >= 15 is 0 Å². The van der Waals surface area contributed by atoms with Gasteiger partial charge in [0.05, 0.1) is 17.7 Å². The van der Waals surface area contributed by atoms with Crippen LogP contribution < -0.4 is 4.74 Å². The third-order valence-corrected chi connectivity index (χ3v) is 3.81. The van der Waals surface area contributed by atoms with Crippen molar-refractivity contribution in [3.8, 4) is 16.3 Å². The van der Waals surface area contributed by atoms with Crippen molar-refractivity contribution in [3.05, 3.63) is 34.6 Å². The molecule has 18 heavy (non-hydrogen) atoms. The number of carbonyl (C=O) groups excluding carboxylic acids is 1. The van der Waals surface area contributed by atoms with Crippen LogP contribution in [0.2, 0.25) is 0 Å². The zero-order valence-electron chi connectivity index (χ0n) is 10.3. The van der Waals surface area contributed by atoms with Gasteiger partial charge in [0, 0.05) is 18.6 Å². The first kappa shape index (κ1) is 12.7. The van der Waals surface area contributed by atoms with Crippen molar-refractivity contribution in [1.82, 2.24) is 4.98 Å². The zero-order chi connectivity index (χ0) is 13.3. The summed E-state index contributed by atoms with van der Waals surface area (Å²) < 4.78 is 18.8. The second-order valence-corrected chi connectivity index (χ2v) is 4.83. The number of ketones is 1. The predicted molar refractivity (Wildman–Crippen MR) is 68.8 cm³/mol. The molecule has 0 saturated carbocycles. The molecule has 1 aromatic heterocycles. The Morgan fingerprint density at radius 2 is 2.17 bits per heavy atom. The molecule has 1 heterocycles. The Kier molecular flexibility index (Phi) is 3.43. The summed E-state index contributed by atoms with van der Waals surface area (Å²) in [6, 6.07) is 4.58. The normalized spacial score (nSPS) is 10.4. The van der Waals surface area contributed by atoms with Crippen molar-refractivity contribution in [3.63, 3.8) is 0 Å². The summed E-state index contributed by atoms with van der Waals surface area (Å²) in [6.07, 6.45) is 0. The SMILES string of the molecule is COc1ccc(-c2nc(C)c(C(C)=O)s2)c(F)c1. The fraction of sp³-hybridized carbons (Fsp3) is 0.231. The fourth-order valence-corrected chi connectivity index (χ4v) is 2.62. The van der Waals surface area contributed by atoms with Crippen LogP contribution in [0.4, 0.5) is 4.39 Å². The number of ether oxygens (including phenoxy) is 1. The number of hydrogen-bond donors (Lipinski definition) is 0. The maximum Gasteiger partial charge on any atom is 0.171 e. The van der Waals surface area contributed by atoms with Gasteiger partial charge in [-0.2, -0.15) is 0 Å². The van der Waals surface area contributed by atoms with Crippen molar-refractivity contribution >= 4 is 17.1 Å². The van der Waals surface area contributed by atoms with Crippen LogP contribution in [0.25, 0.3) is 10.6 Å². The van der Waals surface area contributed by atoms with Crippen LogP contribution in [-0.4, -0.2) is 17.9 Å². The molecule has 0 saturated heterocycles. The third kappa shape index (κ3) is 2.26. The summed E-state index contributed by atoms with van der Waals surface area (Å²) in [4.78, 5) is 16.2. The Balaban J connectivity index is 2.49. The number of Topliss-reactive ketones (excluding diaryl/α,β-unsaturated/α-hetero) is 1. The van der Waals surface area contributed by atoms with Crippen LogP contribution in [0.5, 0.6) is 5.75 Å². The molecule has 0 aliphatic carbocycles. The monoisotopic (exact) mass is 265 g/mol. The summed E-state index contributed by atoms with van der Waals surface area (Å²) in [7, 11) is 1.48. The summed E-state index contributed by atoms with van der Waals surface area (Å²) >= 11 is 1.21. The lowest BCUT2D eigenvalue weighted by Crippen LogP contribution is -1.89. The maximum absolute atomic E-state index is 13.9. The van der Waals surface area contributed by atoms with Crippen molar-refractivity contribution in [2.45, 2.75) is 13.8 Å². The fourth-order valence-electron chi connectivity index (χ4n) is 1.63. The van der Waals surface area contributed by atoms with E-state index < -0.39 is 5.82 Å². The maximum atomic E-state index is 13.9. The molecule has 1 aromatic carbocycles. The highest BCUT2D eigenvalue weighted by Gasteiger charge is 2.15. The van der Waals surface area contributed by atoms with Gasteiger partial charge in [-0.3, -0.25) is 4.79 Å². The molecule has 0 unspecified atom stereocenters. The van der Waals surface area contributed by atoms with Crippen molar-refractivity contribution < 1.29 is 13.9 Å². The lowest BCUT2D eigenvalue weighted by Gasteiger charge is -2.02. The molecule has 0 fully saturated rings. The Labute approximate surface area is 108 Å². The molecule has 5 heteroatoms. The van der Waals surface area contributed by atoms with Gasteiger partial charge in [0.2, 0.25) is 0 Å². The van der Waals surface area contributed by atoms with Gasteiger partial charge in [0.1, 0.15) is 16.6 Å². The van der Waals surface area contributed by atoms with E-state index in [2.05, 4.69) is 4.98 Å². The number of thiazole rings is 1. The van der Waals surface area contributed by atoms with Crippen LogP contribution in [0.1, 0.15) is 22.3 Å². The highest BCUT2D eigenvalue weighted by Crippen LogP contribution is 2.31. The molecule has 0 amide bonds. The molecule has 0 radical (unpaired) electrons. The first-order valence-corrected chi connectivity index (χ1v) is 6.17. The van der Waals surface area contributed by atoms with E-state index in [1.54, 1.807) is 19.1 Å². The second-order valence-electron chi connectivity index (χ2n) is 3.84. The predicted octanol–water partition coefficient (Wildman–Crippen LogP) is 3.47. The molecular weight excluding hydrogens is 253 g/mol. The molecule has 0 atom stereocenters. The summed E-state index contributed by atoms with van der Waals surface area (Å²) in [6.45, 7) is 3.23. The average molecular weight is 265 g/mol. The number of aromatic nitrogens is 1. The van der Waals surface area contributed by atoms with Gasteiger partial charge in [-0.1, -0.05) is 0 Å². The molecular formula is C13H12FNO2S.